The number of aromatic nitrogens is 11. The van der Waals surface area contributed by atoms with Crippen LogP contribution in [0.5, 0.6) is 69.5 Å². The molecule has 17 nitrogen and oxygen atoms in total. The molecule has 15 heterocycles. The number of ether oxygens (including phenoxy) is 6. The third-order valence-electron chi connectivity index (χ3n) is 28.7. The van der Waals surface area contributed by atoms with Gasteiger partial charge in [0.15, 0.2) is 0 Å². The average Bonchev–Trinajstić information content (AvgIpc) is 1.47. The lowest BCUT2D eigenvalue weighted by Gasteiger charge is -2.32. The molecule has 650 valence electrons. The molecule has 0 atom stereocenters. The Morgan fingerprint density at radius 3 is 0.943 bits per heavy atom. The van der Waals surface area contributed by atoms with Gasteiger partial charge in [0.2, 0.25) is 35.4 Å². The highest BCUT2D eigenvalue weighted by atomic mass is 16.5. The van der Waals surface area contributed by atoms with Crippen LogP contribution in [0.1, 0.15) is 0 Å². The van der Waals surface area contributed by atoms with Crippen molar-refractivity contribution in [3.63, 3.8) is 0 Å². The lowest BCUT2D eigenvalue weighted by molar-refractivity contribution is 0.436. The summed E-state index contributed by atoms with van der Waals surface area (Å²) < 4.78 is 50.5. The lowest BCUT2D eigenvalue weighted by Crippen LogP contribution is -2.58. The smallest absolute Gasteiger partial charge is 0.265 e. The summed E-state index contributed by atoms with van der Waals surface area (Å²) in [6.45, 7) is -0.210. The van der Waals surface area contributed by atoms with E-state index in [1.54, 1.807) is 12.4 Å². The Kier molecular flexibility index (Phi) is 16.8. The second-order valence-electron chi connectivity index (χ2n) is 36.2. The standard InChI is InChI=1S/C52H31BN4O2.C40H23BN4O2.C28H16BN3O2/c1-2-12-32(13-3-1)33-22-26-36(27-23-33)56-43-18-8-4-14-37(43)39-30-34(24-28-45(39)56)35-25-29-46-40(31-35)38-15-5-9-19-44(38)57(46)52-54-50-49-51(55-52)59-48-21-11-7-17-42(48)53(49)41-16-6-10-20-47(41)58-50;1-2-12-24(13-3-1)44-31-18-8-4-14-25(31)27-22-23-28-26-15-5-9-19-32(26)45(37(28)36(27)44)40-42-38-35-39(43-40)47-34-21-11-7-17-30(34)41(35)29-16-6-10-20-33(29)46-38;1-3-7-22-18(5-1)19-6-2-4-8-23(19)32(22)17-13-26-28-27(14-17)34-25-10-12-31-16-21(25)29(28)20-15-30-11-9-24(20)33-26/h1-31H;1-23H;1-16H. The van der Waals surface area contributed by atoms with Gasteiger partial charge in [0.05, 0.1) is 71.8 Å². The fourth-order valence-electron chi connectivity index (χ4n) is 22.7. The molecule has 0 spiro atoms. The van der Waals surface area contributed by atoms with Gasteiger partial charge in [-0.3, -0.25) is 19.1 Å². The van der Waals surface area contributed by atoms with Gasteiger partial charge < -0.3 is 42.1 Å². The lowest BCUT2D eigenvalue weighted by atomic mass is 9.35. The molecule has 26 aromatic rings. The maximum Gasteiger partial charge on any atom is 0.265 e. The van der Waals surface area contributed by atoms with Crippen LogP contribution in [0.15, 0.2) is 425 Å². The summed E-state index contributed by atoms with van der Waals surface area (Å²) in [6.07, 6.45) is 7.31. The quantitative estimate of drug-likeness (QED) is 0.139. The fourth-order valence-corrected chi connectivity index (χ4v) is 22.7. The maximum atomic E-state index is 6.58. The molecule has 0 aliphatic carbocycles. The summed E-state index contributed by atoms with van der Waals surface area (Å²) in [7, 11) is 0. The predicted molar refractivity (Wildman–Crippen MR) is 562 cm³/mol. The highest BCUT2D eigenvalue weighted by molar-refractivity contribution is 6.99. The second kappa shape index (κ2) is 30.4. The van der Waals surface area contributed by atoms with Crippen molar-refractivity contribution in [2.75, 3.05) is 0 Å². The highest BCUT2D eigenvalue weighted by Gasteiger charge is 2.46. The van der Waals surface area contributed by atoms with Crippen LogP contribution in [0.25, 0.3) is 160 Å². The van der Waals surface area contributed by atoms with Crippen LogP contribution in [0.4, 0.5) is 0 Å². The Balaban J connectivity index is 0.000000102. The van der Waals surface area contributed by atoms with Gasteiger partial charge in [0.1, 0.15) is 46.0 Å². The maximum absolute atomic E-state index is 6.58. The van der Waals surface area contributed by atoms with Crippen LogP contribution < -0.4 is 77.6 Å². The van der Waals surface area contributed by atoms with Crippen LogP contribution in [0.2, 0.25) is 0 Å². The minimum atomic E-state index is -0.0885. The SMILES string of the molecule is c1ccc(-c2ccc(-n3c4ccccc4c4cc(-c5ccc6c(c5)c5ccccc5n6-c5nc6c7c(n5)Oc5ccccc5B7c5ccccc5O6)ccc43)cc2)cc1.c1ccc(-n2c3ccccc3c3ccc4c5ccccc5n(-c5nc6c7c(n5)Oc5ccccc5B7c5ccccc5O6)c4c32)cc1.c1ccc2c(c1)c1ccccc1n2-c1cc2c3c(c1)Oc1ccncc1B3c1cnccc1O2. The zero-order chi connectivity index (χ0) is 91.5. The molecule has 6 aliphatic rings. The Labute approximate surface area is 800 Å². The Bertz CT molecular complexity index is 9540. The number of nitrogens with zero attached hydrogens (tertiary/aromatic N) is 11. The van der Waals surface area contributed by atoms with Crippen molar-refractivity contribution in [2.45, 2.75) is 0 Å². The Morgan fingerprint density at radius 1 is 0.186 bits per heavy atom. The Morgan fingerprint density at radius 2 is 0.493 bits per heavy atom. The van der Waals surface area contributed by atoms with Crippen molar-refractivity contribution in [1.82, 2.24) is 52.7 Å². The van der Waals surface area contributed by atoms with E-state index in [0.717, 1.165) is 194 Å². The number of benzene rings is 17. The van der Waals surface area contributed by atoms with Crippen molar-refractivity contribution < 1.29 is 28.4 Å². The van der Waals surface area contributed by atoms with Gasteiger partial charge >= 0.3 is 0 Å². The number of hydrogen-bond donors (Lipinski definition) is 0. The van der Waals surface area contributed by atoms with E-state index in [4.69, 9.17) is 48.4 Å². The topological polar surface area (TPSA) is 157 Å². The van der Waals surface area contributed by atoms with Crippen molar-refractivity contribution in [3.8, 4) is 121 Å². The number of para-hydroxylation sites is 11. The molecule has 0 radical (unpaired) electrons. The first-order valence-corrected chi connectivity index (χ1v) is 47.0. The van der Waals surface area contributed by atoms with Crippen LogP contribution in [0, 0.1) is 0 Å². The van der Waals surface area contributed by atoms with E-state index in [1.807, 2.05) is 73.1 Å². The first kappa shape index (κ1) is 77.6. The van der Waals surface area contributed by atoms with Crippen molar-refractivity contribution in [3.05, 3.63) is 425 Å². The van der Waals surface area contributed by atoms with Gasteiger partial charge in [-0.05, 0) is 176 Å². The van der Waals surface area contributed by atoms with Gasteiger partial charge in [-0.2, -0.15) is 19.9 Å². The van der Waals surface area contributed by atoms with E-state index < -0.39 is 0 Å². The summed E-state index contributed by atoms with van der Waals surface area (Å²) in [5.74, 6) is 9.49. The number of rotatable bonds is 7. The molecule has 0 saturated carbocycles. The van der Waals surface area contributed by atoms with Crippen LogP contribution >= 0.6 is 0 Å². The van der Waals surface area contributed by atoms with E-state index in [1.165, 1.54) is 49.1 Å². The summed E-state index contributed by atoms with van der Waals surface area (Å²) >= 11 is 0. The van der Waals surface area contributed by atoms with E-state index in [-0.39, 0.29) is 20.1 Å². The third kappa shape index (κ3) is 11.6. The number of hydrogen-bond acceptors (Lipinski definition) is 12. The summed E-state index contributed by atoms with van der Waals surface area (Å²) in [5, 5.41) is 11.7. The summed E-state index contributed by atoms with van der Waals surface area (Å²) in [6, 6.07) is 140. The molecule has 32 rings (SSSR count). The van der Waals surface area contributed by atoms with E-state index in [2.05, 4.69) is 373 Å². The van der Waals surface area contributed by atoms with Gasteiger partial charge in [0, 0.05) is 108 Å². The molecule has 0 amide bonds. The fraction of sp³-hybridized carbons (Fsp3) is 0. The molecule has 0 unspecified atom stereocenters. The zero-order valence-corrected chi connectivity index (χ0v) is 74.5. The monoisotopic (exact) mass is 1790 g/mol. The molecule has 20 heteroatoms. The van der Waals surface area contributed by atoms with Gasteiger partial charge in [-0.25, -0.2) is 0 Å². The molecule has 6 aliphatic heterocycles. The van der Waals surface area contributed by atoms with Crippen molar-refractivity contribution in [1.29, 1.82) is 0 Å². The summed E-state index contributed by atoms with van der Waals surface area (Å²) in [4.78, 5) is 29.5. The largest absolute Gasteiger partial charge is 0.458 e. The zero-order valence-electron chi connectivity index (χ0n) is 74.5. The molecular weight excluding hydrogens is 1720 g/mol. The molecule has 0 bridgehead atoms. The average molecular weight is 1790 g/mol. The third-order valence-corrected chi connectivity index (χ3v) is 28.7. The normalized spacial score (nSPS) is 12.9. The second-order valence-corrected chi connectivity index (χ2v) is 36.2. The molecule has 0 fully saturated rings. The molecule has 0 saturated heterocycles. The summed E-state index contributed by atoms with van der Waals surface area (Å²) in [5.41, 5.74) is 28.0. The molecule has 9 aromatic heterocycles. The number of pyridine rings is 2. The first-order valence-electron chi connectivity index (χ1n) is 47.0. The van der Waals surface area contributed by atoms with Crippen molar-refractivity contribution >= 4 is 178 Å². The predicted octanol–water partition coefficient (Wildman–Crippen LogP) is 22.4. The first-order chi connectivity index (χ1) is 69.4. The minimum absolute atomic E-state index is 0.0351. The van der Waals surface area contributed by atoms with E-state index >= 15 is 0 Å². The molecule has 140 heavy (non-hydrogen) atoms. The molecule has 17 aromatic carbocycles. The molecule has 0 N–H and O–H groups in total. The molecular formula is C120H70B3N11O6. The van der Waals surface area contributed by atoms with Gasteiger partial charge in [-0.1, -0.05) is 267 Å². The highest BCUT2D eigenvalue weighted by Crippen LogP contribution is 2.47. The van der Waals surface area contributed by atoms with E-state index in [0.29, 0.717) is 35.4 Å². The van der Waals surface area contributed by atoms with Gasteiger partial charge in [-0.15, -0.1) is 0 Å². The van der Waals surface area contributed by atoms with Crippen LogP contribution in [0.3, 0.4) is 0 Å². The van der Waals surface area contributed by atoms with Crippen molar-refractivity contribution in [2.24, 2.45) is 0 Å². The van der Waals surface area contributed by atoms with Crippen LogP contribution in [-0.4, -0.2) is 72.9 Å². The minimum Gasteiger partial charge on any atom is -0.458 e. The number of fused-ring (bicyclic) bond motifs is 28. The van der Waals surface area contributed by atoms with E-state index in [9.17, 15) is 0 Å². The van der Waals surface area contributed by atoms with Gasteiger partial charge in [0.25, 0.3) is 20.1 Å². The van der Waals surface area contributed by atoms with Crippen LogP contribution in [-0.2, 0) is 0 Å². The Hall–Kier alpha value is -18.8.